The third kappa shape index (κ3) is 10.5. The molecule has 0 aromatic rings. The third-order valence-corrected chi connectivity index (χ3v) is 3.09. The van der Waals surface area contributed by atoms with Crippen molar-refractivity contribution in [2.75, 3.05) is 0 Å². The van der Waals surface area contributed by atoms with Gasteiger partial charge in [0.25, 0.3) is 0 Å². The average Bonchev–Trinajstić information content (AvgIpc) is 2.21. The quantitative estimate of drug-likeness (QED) is 0.624. The van der Waals surface area contributed by atoms with Crippen LogP contribution in [0.5, 0.6) is 0 Å². The van der Waals surface area contributed by atoms with Crippen LogP contribution in [0.1, 0.15) is 72.1 Å². The van der Waals surface area contributed by atoms with E-state index in [1.807, 2.05) is 0 Å². The molecule has 0 aromatic carbocycles. The van der Waals surface area contributed by atoms with Gasteiger partial charge in [0, 0.05) is 6.04 Å². The molecule has 94 valence electrons. The van der Waals surface area contributed by atoms with E-state index in [0.717, 1.165) is 12.3 Å². The molecular weight excluding hydrogens is 206 g/mol. The molecule has 15 heavy (non-hydrogen) atoms. The van der Waals surface area contributed by atoms with E-state index in [1.54, 1.807) is 0 Å². The van der Waals surface area contributed by atoms with Crippen molar-refractivity contribution in [1.29, 1.82) is 0 Å². The molecule has 1 nitrogen and oxygen atoms in total. The van der Waals surface area contributed by atoms with E-state index in [0.29, 0.717) is 6.04 Å². The number of unbranched alkanes of at least 4 members (excludes halogenated alkanes) is 2. The lowest BCUT2D eigenvalue weighted by atomic mass is 9.89. The summed E-state index contributed by atoms with van der Waals surface area (Å²) < 4.78 is 0. The second-order valence-corrected chi connectivity index (χ2v) is 4.55. The van der Waals surface area contributed by atoms with E-state index in [9.17, 15) is 0 Å². The second-order valence-electron chi connectivity index (χ2n) is 4.55. The first kappa shape index (κ1) is 17.6. The minimum absolute atomic E-state index is 0. The zero-order valence-electron chi connectivity index (χ0n) is 10.8. The highest BCUT2D eigenvalue weighted by Crippen LogP contribution is 2.21. The van der Waals surface area contributed by atoms with Crippen LogP contribution in [-0.2, 0) is 0 Å². The Morgan fingerprint density at radius 1 is 0.933 bits per heavy atom. The second kappa shape index (κ2) is 12.3. The molecule has 0 radical (unpaired) electrons. The van der Waals surface area contributed by atoms with E-state index in [2.05, 4.69) is 20.8 Å². The molecule has 1 atom stereocenters. The lowest BCUT2D eigenvalue weighted by molar-refractivity contribution is 0.359. The van der Waals surface area contributed by atoms with E-state index in [-0.39, 0.29) is 12.4 Å². The summed E-state index contributed by atoms with van der Waals surface area (Å²) in [5.74, 6) is 0.893. The fourth-order valence-corrected chi connectivity index (χ4v) is 1.96. The van der Waals surface area contributed by atoms with Crippen molar-refractivity contribution in [2.45, 2.75) is 78.2 Å². The van der Waals surface area contributed by atoms with Crippen LogP contribution in [-0.4, -0.2) is 6.04 Å². The van der Waals surface area contributed by atoms with Crippen LogP contribution in [0.15, 0.2) is 0 Å². The van der Waals surface area contributed by atoms with Crippen molar-refractivity contribution in [3.63, 3.8) is 0 Å². The molecule has 0 aromatic heterocycles. The molecule has 0 heterocycles. The molecule has 1 unspecified atom stereocenters. The Labute approximate surface area is 103 Å². The first-order valence-electron chi connectivity index (χ1n) is 6.50. The molecule has 2 N–H and O–H groups in total. The van der Waals surface area contributed by atoms with E-state index in [1.165, 1.54) is 44.9 Å². The SMILES string of the molecule is CCCCC(CCCC)CC(N)CC.Cl. The highest BCUT2D eigenvalue weighted by molar-refractivity contribution is 5.85. The van der Waals surface area contributed by atoms with Gasteiger partial charge in [-0.25, -0.2) is 0 Å². The summed E-state index contributed by atoms with van der Waals surface area (Å²) in [5, 5.41) is 0. The number of hydrogen-bond acceptors (Lipinski definition) is 1. The van der Waals surface area contributed by atoms with Gasteiger partial charge in [0.05, 0.1) is 0 Å². The Morgan fingerprint density at radius 3 is 1.73 bits per heavy atom. The molecule has 0 aliphatic rings. The van der Waals surface area contributed by atoms with Crippen molar-refractivity contribution in [3.8, 4) is 0 Å². The number of hydrogen-bond donors (Lipinski definition) is 1. The summed E-state index contributed by atoms with van der Waals surface area (Å²) >= 11 is 0. The summed E-state index contributed by atoms with van der Waals surface area (Å²) in [6.07, 6.45) is 10.6. The topological polar surface area (TPSA) is 26.0 Å². The standard InChI is InChI=1S/C13H29N.ClH/c1-4-7-9-12(10-8-5-2)11-13(14)6-3;/h12-13H,4-11,14H2,1-3H3;1H. The highest BCUT2D eigenvalue weighted by atomic mass is 35.5. The van der Waals surface area contributed by atoms with E-state index < -0.39 is 0 Å². The van der Waals surface area contributed by atoms with Gasteiger partial charge in [0.1, 0.15) is 0 Å². The largest absolute Gasteiger partial charge is 0.328 e. The van der Waals surface area contributed by atoms with E-state index >= 15 is 0 Å². The van der Waals surface area contributed by atoms with Gasteiger partial charge in [-0.3, -0.25) is 0 Å². The average molecular weight is 236 g/mol. The minimum Gasteiger partial charge on any atom is -0.328 e. The van der Waals surface area contributed by atoms with Crippen LogP contribution in [0, 0.1) is 5.92 Å². The Bertz CT molecular complexity index is 109. The van der Waals surface area contributed by atoms with Crippen LogP contribution in [0.2, 0.25) is 0 Å². The van der Waals surface area contributed by atoms with Crippen LogP contribution < -0.4 is 5.73 Å². The molecule has 0 rings (SSSR count). The van der Waals surface area contributed by atoms with Gasteiger partial charge in [-0.2, -0.15) is 0 Å². The molecule has 0 fully saturated rings. The Balaban J connectivity index is 0. The van der Waals surface area contributed by atoms with Crippen molar-refractivity contribution in [1.82, 2.24) is 0 Å². The van der Waals surface area contributed by atoms with Crippen molar-refractivity contribution >= 4 is 12.4 Å². The van der Waals surface area contributed by atoms with Gasteiger partial charge >= 0.3 is 0 Å². The fraction of sp³-hybridized carbons (Fsp3) is 1.00. The van der Waals surface area contributed by atoms with Crippen LogP contribution in [0.25, 0.3) is 0 Å². The van der Waals surface area contributed by atoms with Gasteiger partial charge in [-0.1, -0.05) is 59.3 Å². The van der Waals surface area contributed by atoms with Crippen molar-refractivity contribution < 1.29 is 0 Å². The van der Waals surface area contributed by atoms with Crippen LogP contribution in [0.4, 0.5) is 0 Å². The van der Waals surface area contributed by atoms with Crippen LogP contribution in [0.3, 0.4) is 0 Å². The summed E-state index contributed by atoms with van der Waals surface area (Å²) in [5.41, 5.74) is 6.02. The smallest absolute Gasteiger partial charge is 0.00388 e. The maximum atomic E-state index is 6.02. The molecule has 0 saturated carbocycles. The lowest BCUT2D eigenvalue weighted by Crippen LogP contribution is -2.22. The lowest BCUT2D eigenvalue weighted by Gasteiger charge is -2.19. The maximum Gasteiger partial charge on any atom is 0.00388 e. The predicted molar refractivity (Wildman–Crippen MR) is 72.7 cm³/mol. The van der Waals surface area contributed by atoms with Gasteiger partial charge < -0.3 is 5.73 Å². The van der Waals surface area contributed by atoms with Crippen LogP contribution >= 0.6 is 12.4 Å². The minimum atomic E-state index is 0. The van der Waals surface area contributed by atoms with Crippen molar-refractivity contribution in [2.24, 2.45) is 11.7 Å². The molecular formula is C13H30ClN. The first-order valence-corrected chi connectivity index (χ1v) is 6.50. The Morgan fingerprint density at radius 2 is 1.40 bits per heavy atom. The monoisotopic (exact) mass is 235 g/mol. The molecule has 0 bridgehead atoms. The molecule has 2 heteroatoms. The van der Waals surface area contributed by atoms with Gasteiger partial charge in [-0.05, 0) is 18.8 Å². The number of halogens is 1. The fourth-order valence-electron chi connectivity index (χ4n) is 1.96. The summed E-state index contributed by atoms with van der Waals surface area (Å²) in [6, 6.07) is 0.439. The van der Waals surface area contributed by atoms with Gasteiger partial charge in [0.2, 0.25) is 0 Å². The zero-order valence-corrected chi connectivity index (χ0v) is 11.6. The maximum absolute atomic E-state index is 6.02. The summed E-state index contributed by atoms with van der Waals surface area (Å²) in [6.45, 7) is 6.74. The van der Waals surface area contributed by atoms with Crippen molar-refractivity contribution in [3.05, 3.63) is 0 Å². The Kier molecular flexibility index (Phi) is 14.5. The van der Waals surface area contributed by atoms with E-state index in [4.69, 9.17) is 5.73 Å². The normalized spacial score (nSPS) is 12.6. The molecule has 0 aliphatic heterocycles. The van der Waals surface area contributed by atoms with Gasteiger partial charge in [-0.15, -0.1) is 12.4 Å². The summed E-state index contributed by atoms with van der Waals surface area (Å²) in [7, 11) is 0. The molecule has 0 amide bonds. The Hall–Kier alpha value is 0.250. The first-order chi connectivity index (χ1) is 6.74. The number of nitrogens with two attached hydrogens (primary N) is 1. The molecule has 0 saturated heterocycles. The molecule has 0 aliphatic carbocycles. The zero-order chi connectivity index (χ0) is 10.8. The summed E-state index contributed by atoms with van der Waals surface area (Å²) in [4.78, 5) is 0. The molecule has 0 spiro atoms. The highest BCUT2D eigenvalue weighted by Gasteiger charge is 2.11. The third-order valence-electron chi connectivity index (χ3n) is 3.09. The number of rotatable bonds is 9. The van der Waals surface area contributed by atoms with Gasteiger partial charge in [0.15, 0.2) is 0 Å². The predicted octanol–water partition coefficient (Wildman–Crippen LogP) is 4.53.